The van der Waals surface area contributed by atoms with Gasteiger partial charge in [-0.05, 0) is 12.1 Å². The number of nitrogens with two attached hydrogens (primary N) is 1. The summed E-state index contributed by atoms with van der Waals surface area (Å²) in [5, 5.41) is 9.53. The van der Waals surface area contributed by atoms with Crippen molar-refractivity contribution in [1.29, 1.82) is 0 Å². The number of nitrogen functional groups attached to an aromatic ring is 1. The lowest BCUT2D eigenvalue weighted by Gasteiger charge is -2.17. The molecule has 1 aromatic rings. The Kier molecular flexibility index (Phi) is 1.62. The number of aromatic hydroxyl groups is 1. The molecule has 68 valence electrons. The number of fused-ring (bicyclic) bond motifs is 1. The van der Waals surface area contributed by atoms with E-state index in [9.17, 15) is 9.90 Å². The van der Waals surface area contributed by atoms with Crippen LogP contribution in [0, 0.1) is 0 Å². The topological polar surface area (TPSA) is 72.6 Å². The summed E-state index contributed by atoms with van der Waals surface area (Å²) >= 11 is 0. The number of cyclic esters (lactones) is 1. The first-order chi connectivity index (χ1) is 6.20. The highest BCUT2D eigenvalue weighted by molar-refractivity contribution is 5.93. The number of anilines is 1. The normalized spacial score (nSPS) is 14.9. The Bertz CT molecular complexity index is 373. The molecule has 0 bridgehead atoms. The Hall–Kier alpha value is -1.71. The van der Waals surface area contributed by atoms with Gasteiger partial charge in [-0.15, -0.1) is 0 Å². The van der Waals surface area contributed by atoms with Gasteiger partial charge >= 0.3 is 5.97 Å². The van der Waals surface area contributed by atoms with Gasteiger partial charge in [0.05, 0.1) is 17.9 Å². The third-order valence-electron chi connectivity index (χ3n) is 2.12. The Morgan fingerprint density at radius 1 is 1.46 bits per heavy atom. The molecule has 0 spiro atoms. The Morgan fingerprint density at radius 3 is 3.00 bits per heavy atom. The fourth-order valence-electron chi connectivity index (χ4n) is 1.42. The number of benzene rings is 1. The van der Waals surface area contributed by atoms with Crippen molar-refractivity contribution in [3.63, 3.8) is 0 Å². The van der Waals surface area contributed by atoms with E-state index in [0.29, 0.717) is 29.8 Å². The molecule has 0 radical (unpaired) electrons. The van der Waals surface area contributed by atoms with Gasteiger partial charge in [-0.25, -0.2) is 4.79 Å². The van der Waals surface area contributed by atoms with Crippen molar-refractivity contribution >= 4 is 11.7 Å². The number of phenols is 1. The Balaban J connectivity index is 2.63. The Labute approximate surface area is 74.9 Å². The molecule has 0 amide bonds. The van der Waals surface area contributed by atoms with Gasteiger partial charge in [0.2, 0.25) is 0 Å². The van der Waals surface area contributed by atoms with Crippen molar-refractivity contribution in [3.8, 4) is 5.75 Å². The molecular weight excluding hydrogens is 170 g/mol. The molecule has 1 aliphatic heterocycles. The van der Waals surface area contributed by atoms with Crippen LogP contribution in [0.25, 0.3) is 0 Å². The quantitative estimate of drug-likeness (QED) is 0.349. The van der Waals surface area contributed by atoms with Crippen LogP contribution >= 0.6 is 0 Å². The SMILES string of the molecule is Nc1ccc2c(c1O)CCOC2=O. The van der Waals surface area contributed by atoms with E-state index in [0.717, 1.165) is 0 Å². The summed E-state index contributed by atoms with van der Waals surface area (Å²) in [4.78, 5) is 11.2. The molecule has 0 saturated heterocycles. The highest BCUT2D eigenvalue weighted by Gasteiger charge is 2.22. The maximum absolute atomic E-state index is 11.2. The molecular formula is C9H9NO3. The maximum atomic E-state index is 11.2. The summed E-state index contributed by atoms with van der Waals surface area (Å²) in [6.45, 7) is 0.308. The van der Waals surface area contributed by atoms with Crippen LogP contribution in [0.1, 0.15) is 15.9 Å². The van der Waals surface area contributed by atoms with E-state index in [2.05, 4.69) is 0 Å². The molecule has 4 nitrogen and oxygen atoms in total. The van der Waals surface area contributed by atoms with Gasteiger partial charge in [0.25, 0.3) is 0 Å². The average Bonchev–Trinajstić information content (AvgIpc) is 2.12. The van der Waals surface area contributed by atoms with E-state index in [1.54, 1.807) is 6.07 Å². The van der Waals surface area contributed by atoms with Crippen LogP contribution in [0.3, 0.4) is 0 Å². The molecule has 0 fully saturated rings. The van der Waals surface area contributed by atoms with E-state index < -0.39 is 5.97 Å². The maximum Gasteiger partial charge on any atom is 0.338 e. The van der Waals surface area contributed by atoms with Crippen molar-refractivity contribution in [3.05, 3.63) is 23.3 Å². The zero-order valence-corrected chi connectivity index (χ0v) is 6.91. The number of carbonyl (C=O) groups is 1. The lowest BCUT2D eigenvalue weighted by molar-refractivity contribution is 0.0478. The van der Waals surface area contributed by atoms with Crippen LogP contribution in [0.2, 0.25) is 0 Å². The monoisotopic (exact) mass is 179 g/mol. The van der Waals surface area contributed by atoms with E-state index in [1.165, 1.54) is 6.07 Å². The van der Waals surface area contributed by atoms with E-state index in [1.807, 2.05) is 0 Å². The molecule has 0 atom stereocenters. The summed E-state index contributed by atoms with van der Waals surface area (Å²) in [6.07, 6.45) is 0.526. The van der Waals surface area contributed by atoms with Crippen molar-refractivity contribution in [1.82, 2.24) is 0 Å². The van der Waals surface area contributed by atoms with E-state index in [4.69, 9.17) is 10.5 Å². The first-order valence-corrected chi connectivity index (χ1v) is 3.97. The summed E-state index contributed by atoms with van der Waals surface area (Å²) in [5.41, 5.74) is 6.80. The van der Waals surface area contributed by atoms with Gasteiger partial charge in [0, 0.05) is 12.0 Å². The second-order valence-corrected chi connectivity index (χ2v) is 2.92. The van der Waals surface area contributed by atoms with Crippen molar-refractivity contribution < 1.29 is 14.6 Å². The molecule has 4 heteroatoms. The van der Waals surface area contributed by atoms with Gasteiger partial charge < -0.3 is 15.6 Å². The highest BCUT2D eigenvalue weighted by atomic mass is 16.5. The van der Waals surface area contributed by atoms with Crippen LogP contribution in [0.5, 0.6) is 5.75 Å². The summed E-state index contributed by atoms with van der Waals surface area (Å²) in [5.74, 6) is -0.384. The fraction of sp³-hybridized carbons (Fsp3) is 0.222. The van der Waals surface area contributed by atoms with Gasteiger partial charge in [-0.1, -0.05) is 0 Å². The minimum absolute atomic E-state index is 0.00847. The average molecular weight is 179 g/mol. The molecule has 0 aliphatic carbocycles. The van der Waals surface area contributed by atoms with Gasteiger partial charge in [0.15, 0.2) is 0 Å². The number of carbonyl (C=O) groups excluding carboxylic acids is 1. The predicted molar refractivity (Wildman–Crippen MR) is 46.5 cm³/mol. The second kappa shape index (κ2) is 2.65. The highest BCUT2D eigenvalue weighted by Crippen LogP contribution is 2.30. The predicted octanol–water partition coefficient (Wildman–Crippen LogP) is 0.687. The zero-order chi connectivity index (χ0) is 9.42. The first-order valence-electron chi connectivity index (χ1n) is 3.97. The number of ether oxygens (including phenoxy) is 1. The molecule has 0 aromatic heterocycles. The van der Waals surface area contributed by atoms with Gasteiger partial charge in [-0.3, -0.25) is 0 Å². The summed E-state index contributed by atoms with van der Waals surface area (Å²) in [7, 11) is 0. The van der Waals surface area contributed by atoms with E-state index in [-0.39, 0.29) is 5.75 Å². The van der Waals surface area contributed by atoms with Crippen LogP contribution in [0.15, 0.2) is 12.1 Å². The molecule has 1 aliphatic rings. The van der Waals surface area contributed by atoms with Gasteiger partial charge in [0.1, 0.15) is 5.75 Å². The standard InChI is InChI=1S/C9H9NO3/c10-7-2-1-6-5(8(7)11)3-4-13-9(6)12/h1-2,11H,3-4,10H2. The summed E-state index contributed by atoms with van der Waals surface area (Å²) in [6, 6.07) is 3.08. The lowest BCUT2D eigenvalue weighted by Crippen LogP contribution is -2.17. The number of phenolic OH excluding ortho intramolecular Hbond substituents is 1. The molecule has 3 N–H and O–H groups in total. The number of hydrogen-bond acceptors (Lipinski definition) is 4. The minimum Gasteiger partial charge on any atom is -0.505 e. The van der Waals surface area contributed by atoms with Crippen LogP contribution < -0.4 is 5.73 Å². The zero-order valence-electron chi connectivity index (χ0n) is 6.91. The van der Waals surface area contributed by atoms with E-state index >= 15 is 0 Å². The van der Waals surface area contributed by atoms with Crippen LogP contribution in [-0.4, -0.2) is 17.7 Å². The smallest absolute Gasteiger partial charge is 0.338 e. The first kappa shape index (κ1) is 7.91. The van der Waals surface area contributed by atoms with Gasteiger partial charge in [-0.2, -0.15) is 0 Å². The summed E-state index contributed by atoms with van der Waals surface area (Å²) < 4.78 is 4.81. The number of hydrogen-bond donors (Lipinski definition) is 2. The minimum atomic E-state index is -0.392. The largest absolute Gasteiger partial charge is 0.505 e. The van der Waals surface area contributed by atoms with Crippen molar-refractivity contribution in [2.75, 3.05) is 12.3 Å². The molecule has 1 heterocycles. The molecule has 13 heavy (non-hydrogen) atoms. The fourth-order valence-corrected chi connectivity index (χ4v) is 1.42. The third kappa shape index (κ3) is 1.11. The molecule has 2 rings (SSSR count). The van der Waals surface area contributed by atoms with Crippen LogP contribution in [-0.2, 0) is 11.2 Å². The molecule has 1 aromatic carbocycles. The number of esters is 1. The molecule has 0 saturated carbocycles. The van der Waals surface area contributed by atoms with Crippen molar-refractivity contribution in [2.45, 2.75) is 6.42 Å². The second-order valence-electron chi connectivity index (χ2n) is 2.92. The third-order valence-corrected chi connectivity index (χ3v) is 2.12. The lowest BCUT2D eigenvalue weighted by atomic mass is 10.0. The molecule has 0 unspecified atom stereocenters. The van der Waals surface area contributed by atoms with Crippen molar-refractivity contribution in [2.24, 2.45) is 0 Å². The Morgan fingerprint density at radius 2 is 2.23 bits per heavy atom. The van der Waals surface area contributed by atoms with Crippen LogP contribution in [0.4, 0.5) is 5.69 Å². The number of rotatable bonds is 0.